The van der Waals surface area contributed by atoms with Crippen LogP contribution in [0.15, 0.2) is 40.9 Å². The van der Waals surface area contributed by atoms with Crippen molar-refractivity contribution in [2.24, 2.45) is 0 Å². The summed E-state index contributed by atoms with van der Waals surface area (Å²) in [7, 11) is 1.64. The maximum absolute atomic E-state index is 11.8. The summed E-state index contributed by atoms with van der Waals surface area (Å²) in [5, 5.41) is 6.06. The highest BCUT2D eigenvalue weighted by Crippen LogP contribution is 2.22. The van der Waals surface area contributed by atoms with E-state index in [4.69, 9.17) is 0 Å². The van der Waals surface area contributed by atoms with Crippen LogP contribution in [-0.2, 0) is 6.54 Å². The van der Waals surface area contributed by atoms with E-state index < -0.39 is 0 Å². The molecule has 1 amide bonds. The van der Waals surface area contributed by atoms with Crippen LogP contribution in [0, 0.1) is 13.8 Å². The van der Waals surface area contributed by atoms with Gasteiger partial charge in [-0.25, -0.2) is 0 Å². The zero-order chi connectivity index (χ0) is 15.4. The van der Waals surface area contributed by atoms with Crippen molar-refractivity contribution in [1.29, 1.82) is 0 Å². The summed E-state index contributed by atoms with van der Waals surface area (Å²) in [6, 6.07) is 12.0. The lowest BCUT2D eigenvalue weighted by Gasteiger charge is -2.13. The Morgan fingerprint density at radius 3 is 2.62 bits per heavy atom. The van der Waals surface area contributed by atoms with Crippen LogP contribution < -0.4 is 10.6 Å². The summed E-state index contributed by atoms with van der Waals surface area (Å²) in [6.07, 6.45) is 0. The molecule has 0 saturated carbocycles. The van der Waals surface area contributed by atoms with Crippen LogP contribution in [0.5, 0.6) is 0 Å². The minimum Gasteiger partial charge on any atom is -0.381 e. The van der Waals surface area contributed by atoms with Crippen molar-refractivity contribution in [3.05, 3.63) is 63.1 Å². The van der Waals surface area contributed by atoms with Gasteiger partial charge in [-0.15, -0.1) is 0 Å². The summed E-state index contributed by atoms with van der Waals surface area (Å²) in [5.41, 5.74) is 5.04. The van der Waals surface area contributed by atoms with Crippen molar-refractivity contribution in [3.63, 3.8) is 0 Å². The summed E-state index contributed by atoms with van der Waals surface area (Å²) in [6.45, 7) is 4.73. The normalized spacial score (nSPS) is 10.3. The number of aryl methyl sites for hydroxylation is 1. The number of hydrogen-bond acceptors (Lipinski definition) is 2. The van der Waals surface area contributed by atoms with Crippen molar-refractivity contribution in [1.82, 2.24) is 5.32 Å². The van der Waals surface area contributed by atoms with Crippen LogP contribution in [0.4, 0.5) is 5.69 Å². The van der Waals surface area contributed by atoms with E-state index >= 15 is 0 Å². The molecule has 2 aromatic rings. The summed E-state index contributed by atoms with van der Waals surface area (Å²) < 4.78 is 1.09. The van der Waals surface area contributed by atoms with Gasteiger partial charge in [0.25, 0.3) is 5.91 Å². The maximum atomic E-state index is 11.8. The first kappa shape index (κ1) is 15.6. The second-order valence-corrected chi connectivity index (χ2v) is 5.86. The fourth-order valence-corrected chi connectivity index (χ4v) is 2.83. The van der Waals surface area contributed by atoms with Gasteiger partial charge in [0.05, 0.1) is 0 Å². The van der Waals surface area contributed by atoms with Crippen molar-refractivity contribution in [2.75, 3.05) is 12.4 Å². The topological polar surface area (TPSA) is 41.1 Å². The first-order valence-electron chi connectivity index (χ1n) is 6.83. The van der Waals surface area contributed by atoms with E-state index in [-0.39, 0.29) is 5.91 Å². The third-order valence-electron chi connectivity index (χ3n) is 3.48. The van der Waals surface area contributed by atoms with Crippen LogP contribution in [0.1, 0.15) is 27.0 Å². The second-order valence-electron chi connectivity index (χ2n) is 5.01. The number of rotatable bonds is 4. The third kappa shape index (κ3) is 3.64. The molecule has 2 N–H and O–H groups in total. The van der Waals surface area contributed by atoms with E-state index in [0.29, 0.717) is 12.1 Å². The number of nitrogens with one attached hydrogen (secondary N) is 2. The smallest absolute Gasteiger partial charge is 0.251 e. The Balaban J connectivity index is 2.18. The maximum Gasteiger partial charge on any atom is 0.251 e. The second kappa shape index (κ2) is 6.76. The molecule has 0 radical (unpaired) electrons. The number of amides is 1. The average molecular weight is 347 g/mol. The van der Waals surface area contributed by atoms with Crippen LogP contribution in [0.2, 0.25) is 0 Å². The van der Waals surface area contributed by atoms with Gasteiger partial charge in [0.1, 0.15) is 0 Å². The number of carbonyl (C=O) groups excluding carboxylic acids is 1. The van der Waals surface area contributed by atoms with E-state index in [2.05, 4.69) is 51.7 Å². The third-order valence-corrected chi connectivity index (χ3v) is 4.22. The molecule has 21 heavy (non-hydrogen) atoms. The molecule has 4 heteroatoms. The fraction of sp³-hybridized carbons (Fsp3) is 0.235. The minimum atomic E-state index is -0.0623. The molecular formula is C17H19BrN2O. The molecule has 0 atom stereocenters. The molecule has 0 heterocycles. The molecule has 0 aromatic heterocycles. The number of halogens is 1. The average Bonchev–Trinajstić information content (AvgIpc) is 2.47. The van der Waals surface area contributed by atoms with Crippen molar-refractivity contribution in [2.45, 2.75) is 20.4 Å². The lowest BCUT2D eigenvalue weighted by atomic mass is 10.1. The molecule has 110 valence electrons. The predicted octanol–water partition coefficient (Wildman–Crippen LogP) is 4.04. The first-order chi connectivity index (χ1) is 10.0. The number of benzene rings is 2. The lowest BCUT2D eigenvalue weighted by Crippen LogP contribution is -2.19. The number of carbonyl (C=O) groups is 1. The molecule has 0 aliphatic heterocycles. The van der Waals surface area contributed by atoms with Gasteiger partial charge in [0.15, 0.2) is 0 Å². The van der Waals surface area contributed by atoms with Gasteiger partial charge in [-0.3, -0.25) is 4.79 Å². The van der Waals surface area contributed by atoms with Gasteiger partial charge in [0.2, 0.25) is 0 Å². The van der Waals surface area contributed by atoms with Crippen molar-refractivity contribution in [3.8, 4) is 0 Å². The molecule has 0 spiro atoms. The molecule has 0 saturated heterocycles. The van der Waals surface area contributed by atoms with Gasteiger partial charge in [-0.05, 0) is 48.7 Å². The molecule has 0 unspecified atom stereocenters. The highest BCUT2D eigenvalue weighted by atomic mass is 79.9. The molecule has 0 bridgehead atoms. The van der Waals surface area contributed by atoms with Crippen molar-refractivity contribution >= 4 is 27.5 Å². The van der Waals surface area contributed by atoms with Gasteiger partial charge in [0, 0.05) is 29.3 Å². The molecule has 0 aliphatic rings. The van der Waals surface area contributed by atoms with Crippen LogP contribution in [0.3, 0.4) is 0 Å². The lowest BCUT2D eigenvalue weighted by molar-refractivity contribution is 0.0962. The molecular weight excluding hydrogens is 328 g/mol. The number of hydrogen-bond donors (Lipinski definition) is 2. The van der Waals surface area contributed by atoms with Gasteiger partial charge < -0.3 is 10.6 Å². The summed E-state index contributed by atoms with van der Waals surface area (Å²) in [4.78, 5) is 11.8. The molecule has 3 nitrogen and oxygen atoms in total. The van der Waals surface area contributed by atoms with Gasteiger partial charge >= 0.3 is 0 Å². The fourth-order valence-electron chi connectivity index (χ4n) is 2.19. The van der Waals surface area contributed by atoms with Crippen LogP contribution in [-0.4, -0.2) is 13.0 Å². The highest BCUT2D eigenvalue weighted by molar-refractivity contribution is 9.10. The van der Waals surface area contributed by atoms with Crippen LogP contribution >= 0.6 is 15.9 Å². The first-order valence-corrected chi connectivity index (χ1v) is 7.63. The quantitative estimate of drug-likeness (QED) is 0.877. The Hall–Kier alpha value is -1.81. The van der Waals surface area contributed by atoms with E-state index in [1.165, 1.54) is 11.1 Å². The Labute approximate surface area is 133 Å². The van der Waals surface area contributed by atoms with E-state index in [1.807, 2.05) is 25.1 Å². The Morgan fingerprint density at radius 1 is 1.19 bits per heavy atom. The largest absolute Gasteiger partial charge is 0.381 e. The Kier molecular flexibility index (Phi) is 5.02. The standard InChI is InChI=1S/C17H19BrN2O/c1-11-7-8-13(15(18)9-11)10-20-16-6-4-5-14(12(16)2)17(21)19-3/h4-9,20H,10H2,1-3H3,(H,19,21). The SMILES string of the molecule is CNC(=O)c1cccc(NCc2ccc(C)cc2Br)c1C. The van der Waals surface area contributed by atoms with Gasteiger partial charge in [-0.2, -0.15) is 0 Å². The number of anilines is 1. The molecule has 2 rings (SSSR count). The summed E-state index contributed by atoms with van der Waals surface area (Å²) in [5.74, 6) is -0.0623. The predicted molar refractivity (Wildman–Crippen MR) is 90.8 cm³/mol. The van der Waals surface area contributed by atoms with Crippen molar-refractivity contribution < 1.29 is 4.79 Å². The zero-order valence-corrected chi connectivity index (χ0v) is 14.0. The zero-order valence-electron chi connectivity index (χ0n) is 12.5. The van der Waals surface area contributed by atoms with E-state index in [1.54, 1.807) is 7.05 Å². The van der Waals surface area contributed by atoms with E-state index in [9.17, 15) is 4.79 Å². The molecule has 0 aliphatic carbocycles. The summed E-state index contributed by atoms with van der Waals surface area (Å²) >= 11 is 3.58. The molecule has 2 aromatic carbocycles. The Bertz CT molecular complexity index is 668. The van der Waals surface area contributed by atoms with E-state index in [0.717, 1.165) is 15.7 Å². The van der Waals surface area contributed by atoms with Gasteiger partial charge in [-0.1, -0.05) is 34.1 Å². The minimum absolute atomic E-state index is 0.0623. The highest BCUT2D eigenvalue weighted by Gasteiger charge is 2.10. The Morgan fingerprint density at radius 2 is 1.95 bits per heavy atom. The monoisotopic (exact) mass is 346 g/mol. The van der Waals surface area contributed by atoms with Crippen LogP contribution in [0.25, 0.3) is 0 Å². The molecule has 0 fully saturated rings.